The van der Waals surface area contributed by atoms with Crippen LogP contribution in [0.4, 0.5) is 0 Å². The highest BCUT2D eigenvalue weighted by Gasteiger charge is 2.02. The molecule has 90 valence electrons. The highest BCUT2D eigenvalue weighted by molar-refractivity contribution is 9.10. The maximum absolute atomic E-state index is 4.05. The first-order valence-electron chi connectivity index (χ1n) is 5.78. The SMILES string of the molecule is CCCNCc1ccc(-n2ccnc2)c(Br)c1. The van der Waals surface area contributed by atoms with E-state index in [4.69, 9.17) is 0 Å². The summed E-state index contributed by atoms with van der Waals surface area (Å²) < 4.78 is 3.08. The molecule has 0 aliphatic rings. The fraction of sp³-hybridized carbons (Fsp3) is 0.308. The fourth-order valence-corrected chi connectivity index (χ4v) is 2.31. The normalized spacial score (nSPS) is 10.7. The number of rotatable bonds is 5. The average molecular weight is 294 g/mol. The van der Waals surface area contributed by atoms with Crippen LogP contribution in [0.2, 0.25) is 0 Å². The maximum atomic E-state index is 4.05. The number of benzene rings is 1. The molecule has 0 saturated carbocycles. The number of hydrogen-bond acceptors (Lipinski definition) is 2. The summed E-state index contributed by atoms with van der Waals surface area (Å²) in [4.78, 5) is 4.05. The van der Waals surface area contributed by atoms with E-state index in [-0.39, 0.29) is 0 Å². The molecule has 0 fully saturated rings. The third kappa shape index (κ3) is 3.17. The summed E-state index contributed by atoms with van der Waals surface area (Å²) in [5.41, 5.74) is 2.40. The number of nitrogens with one attached hydrogen (secondary N) is 1. The molecule has 0 atom stereocenters. The zero-order chi connectivity index (χ0) is 12.1. The Hall–Kier alpha value is -1.13. The van der Waals surface area contributed by atoms with Crippen LogP contribution >= 0.6 is 15.9 Å². The van der Waals surface area contributed by atoms with Crippen molar-refractivity contribution in [3.8, 4) is 5.69 Å². The monoisotopic (exact) mass is 293 g/mol. The molecule has 0 aliphatic carbocycles. The van der Waals surface area contributed by atoms with Crippen molar-refractivity contribution in [2.75, 3.05) is 6.54 Å². The Labute approximate surface area is 110 Å². The summed E-state index contributed by atoms with van der Waals surface area (Å²) in [6.07, 6.45) is 6.68. The van der Waals surface area contributed by atoms with Crippen LogP contribution in [0.1, 0.15) is 18.9 Å². The molecule has 0 unspecified atom stereocenters. The molecule has 1 aromatic carbocycles. The summed E-state index contributed by atoms with van der Waals surface area (Å²) in [5, 5.41) is 3.39. The Balaban J connectivity index is 2.12. The van der Waals surface area contributed by atoms with Gasteiger partial charge < -0.3 is 9.88 Å². The topological polar surface area (TPSA) is 29.9 Å². The zero-order valence-electron chi connectivity index (χ0n) is 9.86. The van der Waals surface area contributed by atoms with E-state index in [1.165, 1.54) is 5.56 Å². The Bertz CT molecular complexity index is 466. The van der Waals surface area contributed by atoms with Crippen LogP contribution in [-0.4, -0.2) is 16.1 Å². The quantitative estimate of drug-likeness (QED) is 0.859. The smallest absolute Gasteiger partial charge is 0.0992 e. The molecule has 17 heavy (non-hydrogen) atoms. The van der Waals surface area contributed by atoms with Crippen LogP contribution in [0.5, 0.6) is 0 Å². The highest BCUT2D eigenvalue weighted by Crippen LogP contribution is 2.22. The Morgan fingerprint density at radius 3 is 2.94 bits per heavy atom. The van der Waals surface area contributed by atoms with Crippen molar-refractivity contribution >= 4 is 15.9 Å². The molecule has 1 N–H and O–H groups in total. The first kappa shape index (κ1) is 12.3. The molecule has 2 rings (SSSR count). The molecular formula is C13H16BrN3. The van der Waals surface area contributed by atoms with E-state index in [9.17, 15) is 0 Å². The lowest BCUT2D eigenvalue weighted by Gasteiger charge is -2.08. The minimum atomic E-state index is 0.913. The van der Waals surface area contributed by atoms with Gasteiger partial charge in [-0.3, -0.25) is 0 Å². The van der Waals surface area contributed by atoms with Gasteiger partial charge in [-0.15, -0.1) is 0 Å². The van der Waals surface area contributed by atoms with Crippen molar-refractivity contribution in [1.82, 2.24) is 14.9 Å². The Kier molecular flexibility index (Phi) is 4.34. The predicted octanol–water partition coefficient (Wildman–Crippen LogP) is 3.13. The molecule has 1 aromatic heterocycles. The van der Waals surface area contributed by atoms with Gasteiger partial charge in [0, 0.05) is 23.4 Å². The van der Waals surface area contributed by atoms with Gasteiger partial charge in [-0.2, -0.15) is 0 Å². The standard InChI is InChI=1S/C13H16BrN3/c1-2-5-15-9-11-3-4-13(12(14)8-11)17-7-6-16-10-17/h3-4,6-8,10,15H,2,5,9H2,1H3. The molecule has 0 amide bonds. The number of nitrogens with zero attached hydrogens (tertiary/aromatic N) is 2. The van der Waals surface area contributed by atoms with Gasteiger partial charge in [0.2, 0.25) is 0 Å². The van der Waals surface area contributed by atoms with Crippen molar-refractivity contribution in [3.63, 3.8) is 0 Å². The third-order valence-electron chi connectivity index (χ3n) is 2.55. The van der Waals surface area contributed by atoms with E-state index in [1.807, 2.05) is 10.8 Å². The lowest BCUT2D eigenvalue weighted by atomic mass is 10.2. The van der Waals surface area contributed by atoms with E-state index < -0.39 is 0 Å². The largest absolute Gasteiger partial charge is 0.313 e. The molecule has 3 nitrogen and oxygen atoms in total. The molecule has 0 spiro atoms. The van der Waals surface area contributed by atoms with Crippen LogP contribution in [0, 0.1) is 0 Å². The summed E-state index contributed by atoms with van der Waals surface area (Å²) >= 11 is 3.60. The van der Waals surface area contributed by atoms with Gasteiger partial charge in [0.25, 0.3) is 0 Å². The molecule has 0 aliphatic heterocycles. The number of aromatic nitrogens is 2. The fourth-order valence-electron chi connectivity index (χ4n) is 1.68. The van der Waals surface area contributed by atoms with E-state index >= 15 is 0 Å². The molecule has 1 heterocycles. The van der Waals surface area contributed by atoms with Gasteiger partial charge in [-0.05, 0) is 46.6 Å². The molecular weight excluding hydrogens is 278 g/mol. The lowest BCUT2D eigenvalue weighted by Crippen LogP contribution is -2.13. The van der Waals surface area contributed by atoms with E-state index in [2.05, 4.69) is 51.4 Å². The van der Waals surface area contributed by atoms with Crippen LogP contribution in [0.25, 0.3) is 5.69 Å². The number of hydrogen-bond donors (Lipinski definition) is 1. The highest BCUT2D eigenvalue weighted by atomic mass is 79.9. The average Bonchev–Trinajstić information content (AvgIpc) is 2.83. The summed E-state index contributed by atoms with van der Waals surface area (Å²) in [5.74, 6) is 0. The second kappa shape index (κ2) is 5.98. The first-order valence-corrected chi connectivity index (χ1v) is 6.58. The molecule has 0 bridgehead atoms. The van der Waals surface area contributed by atoms with Crippen LogP contribution in [0.3, 0.4) is 0 Å². The predicted molar refractivity (Wildman–Crippen MR) is 73.3 cm³/mol. The molecule has 0 saturated heterocycles. The molecule has 4 heteroatoms. The van der Waals surface area contributed by atoms with Gasteiger partial charge >= 0.3 is 0 Å². The van der Waals surface area contributed by atoms with E-state index in [0.717, 1.165) is 29.7 Å². The lowest BCUT2D eigenvalue weighted by molar-refractivity contribution is 0.675. The molecule has 2 aromatic rings. The third-order valence-corrected chi connectivity index (χ3v) is 3.19. The van der Waals surface area contributed by atoms with Gasteiger partial charge in [0.05, 0.1) is 12.0 Å². The Morgan fingerprint density at radius 1 is 1.41 bits per heavy atom. The van der Waals surface area contributed by atoms with Crippen LogP contribution < -0.4 is 5.32 Å². The van der Waals surface area contributed by atoms with Crippen molar-refractivity contribution in [1.29, 1.82) is 0 Å². The summed E-state index contributed by atoms with van der Waals surface area (Å²) in [6, 6.07) is 6.40. The van der Waals surface area contributed by atoms with Gasteiger partial charge in [-0.25, -0.2) is 4.98 Å². The zero-order valence-corrected chi connectivity index (χ0v) is 11.4. The number of imidazole rings is 1. The Morgan fingerprint density at radius 2 is 2.29 bits per heavy atom. The van der Waals surface area contributed by atoms with E-state index in [0.29, 0.717) is 0 Å². The van der Waals surface area contributed by atoms with Gasteiger partial charge in [0.15, 0.2) is 0 Å². The second-order valence-electron chi connectivity index (χ2n) is 3.93. The van der Waals surface area contributed by atoms with Crippen molar-refractivity contribution in [2.24, 2.45) is 0 Å². The maximum Gasteiger partial charge on any atom is 0.0992 e. The van der Waals surface area contributed by atoms with Crippen molar-refractivity contribution in [2.45, 2.75) is 19.9 Å². The minimum absolute atomic E-state index is 0.913. The van der Waals surface area contributed by atoms with Crippen LogP contribution in [0.15, 0.2) is 41.4 Å². The van der Waals surface area contributed by atoms with Gasteiger partial charge in [-0.1, -0.05) is 13.0 Å². The second-order valence-corrected chi connectivity index (χ2v) is 4.79. The summed E-state index contributed by atoms with van der Waals surface area (Å²) in [6.45, 7) is 4.14. The molecule has 0 radical (unpaired) electrons. The van der Waals surface area contributed by atoms with E-state index in [1.54, 1.807) is 12.5 Å². The first-order chi connectivity index (χ1) is 8.31. The number of halogens is 1. The van der Waals surface area contributed by atoms with Gasteiger partial charge in [0.1, 0.15) is 0 Å². The van der Waals surface area contributed by atoms with Crippen LogP contribution in [-0.2, 0) is 6.54 Å². The van der Waals surface area contributed by atoms with Crippen molar-refractivity contribution < 1.29 is 0 Å². The summed E-state index contributed by atoms with van der Waals surface area (Å²) in [7, 11) is 0. The minimum Gasteiger partial charge on any atom is -0.313 e. The van der Waals surface area contributed by atoms with Crippen molar-refractivity contribution in [3.05, 3.63) is 47.0 Å².